The first-order chi connectivity index (χ1) is 6.22. The minimum Gasteiger partial charge on any atom is -0.324 e. The molecule has 0 aliphatic carbocycles. The Morgan fingerprint density at radius 2 is 2.23 bits per heavy atom. The van der Waals surface area contributed by atoms with Crippen molar-refractivity contribution in [2.24, 2.45) is 5.73 Å². The summed E-state index contributed by atoms with van der Waals surface area (Å²) < 4.78 is 12.7. The number of Topliss-reactive ketones (excluding diaryl/α,β-unsaturated/α-hetero) is 1. The summed E-state index contributed by atoms with van der Waals surface area (Å²) in [7, 11) is 0. The predicted molar refractivity (Wildman–Crippen MR) is 48.8 cm³/mol. The number of halogens is 1. The van der Waals surface area contributed by atoms with E-state index < -0.39 is 0 Å². The predicted octanol–water partition coefficient (Wildman–Crippen LogP) is 1.29. The maximum atomic E-state index is 12.7. The quantitative estimate of drug-likeness (QED) is 0.760. The number of ketones is 1. The lowest BCUT2D eigenvalue weighted by Crippen LogP contribution is -2.13. The van der Waals surface area contributed by atoms with E-state index in [0.717, 1.165) is 5.56 Å². The van der Waals surface area contributed by atoms with Crippen molar-refractivity contribution in [3.63, 3.8) is 0 Å². The molecule has 0 amide bonds. The molecule has 1 aromatic carbocycles. The maximum Gasteiger partial charge on any atom is 0.146 e. The molecule has 0 heterocycles. The van der Waals surface area contributed by atoms with E-state index >= 15 is 0 Å². The van der Waals surface area contributed by atoms with Gasteiger partial charge in [-0.15, -0.1) is 0 Å². The molecule has 0 radical (unpaired) electrons. The first-order valence-electron chi connectivity index (χ1n) is 4.18. The number of carbonyl (C=O) groups is 1. The summed E-state index contributed by atoms with van der Waals surface area (Å²) in [4.78, 5) is 10.9. The molecular weight excluding hydrogens is 169 g/mol. The van der Waals surface area contributed by atoms with Crippen molar-refractivity contribution < 1.29 is 9.18 Å². The van der Waals surface area contributed by atoms with Gasteiger partial charge in [-0.1, -0.05) is 12.1 Å². The van der Waals surface area contributed by atoms with Gasteiger partial charge in [-0.05, 0) is 24.1 Å². The molecule has 0 bridgehead atoms. The summed E-state index contributed by atoms with van der Waals surface area (Å²) in [6, 6.07) is 6.25. The number of carbonyl (C=O) groups excluding carboxylic acids is 1. The van der Waals surface area contributed by atoms with Crippen molar-refractivity contribution in [3.05, 3.63) is 35.6 Å². The van der Waals surface area contributed by atoms with Gasteiger partial charge >= 0.3 is 0 Å². The fourth-order valence-electron chi connectivity index (χ4n) is 1.08. The fraction of sp³-hybridized carbons (Fsp3) is 0.300. The first kappa shape index (κ1) is 9.86. The molecule has 3 heteroatoms. The van der Waals surface area contributed by atoms with Crippen LogP contribution in [0.4, 0.5) is 4.39 Å². The van der Waals surface area contributed by atoms with Gasteiger partial charge in [0.25, 0.3) is 0 Å². The van der Waals surface area contributed by atoms with Crippen LogP contribution in [0.25, 0.3) is 0 Å². The van der Waals surface area contributed by atoms with Crippen LogP contribution in [0.2, 0.25) is 0 Å². The van der Waals surface area contributed by atoms with E-state index in [1.807, 2.05) is 0 Å². The van der Waals surface area contributed by atoms with Crippen molar-refractivity contribution in [1.82, 2.24) is 0 Å². The lowest BCUT2D eigenvalue weighted by Gasteiger charge is -1.99. The highest BCUT2D eigenvalue weighted by molar-refractivity contribution is 5.80. The zero-order valence-corrected chi connectivity index (χ0v) is 7.29. The van der Waals surface area contributed by atoms with Crippen molar-refractivity contribution in [3.8, 4) is 0 Å². The minimum atomic E-state index is -0.266. The van der Waals surface area contributed by atoms with Gasteiger partial charge in [0.05, 0.1) is 6.54 Å². The molecule has 13 heavy (non-hydrogen) atoms. The molecule has 0 saturated carbocycles. The molecule has 2 nitrogen and oxygen atoms in total. The summed E-state index contributed by atoms with van der Waals surface area (Å²) in [6.07, 6.45) is 0.952. The Morgan fingerprint density at radius 1 is 1.46 bits per heavy atom. The van der Waals surface area contributed by atoms with E-state index in [1.54, 1.807) is 12.1 Å². The Morgan fingerprint density at radius 3 is 2.85 bits per heavy atom. The molecule has 2 N–H and O–H groups in total. The van der Waals surface area contributed by atoms with Crippen molar-refractivity contribution in [2.45, 2.75) is 12.8 Å². The van der Waals surface area contributed by atoms with Gasteiger partial charge in [-0.3, -0.25) is 4.79 Å². The van der Waals surface area contributed by atoms with E-state index in [4.69, 9.17) is 5.73 Å². The lowest BCUT2D eigenvalue weighted by atomic mass is 10.1. The van der Waals surface area contributed by atoms with Gasteiger partial charge < -0.3 is 5.73 Å². The molecule has 0 aliphatic rings. The average molecular weight is 181 g/mol. The first-order valence-corrected chi connectivity index (χ1v) is 4.18. The zero-order valence-electron chi connectivity index (χ0n) is 7.29. The number of hydrogen-bond acceptors (Lipinski definition) is 2. The minimum absolute atomic E-state index is 0.00395. The molecule has 0 fully saturated rings. The van der Waals surface area contributed by atoms with E-state index in [-0.39, 0.29) is 18.1 Å². The van der Waals surface area contributed by atoms with E-state index in [2.05, 4.69) is 0 Å². The number of nitrogens with two attached hydrogens (primary N) is 1. The summed E-state index contributed by atoms with van der Waals surface area (Å²) >= 11 is 0. The number of aryl methyl sites for hydroxylation is 1. The molecule has 0 spiro atoms. The third-order valence-corrected chi connectivity index (χ3v) is 1.81. The standard InChI is InChI=1S/C10H12FNO/c11-9-3-1-2-8(6-9)4-5-10(13)7-12/h1-3,6H,4-5,7,12H2. The molecule has 1 rings (SSSR count). The van der Waals surface area contributed by atoms with Crippen molar-refractivity contribution in [2.75, 3.05) is 6.54 Å². The van der Waals surface area contributed by atoms with Crippen molar-refractivity contribution >= 4 is 5.78 Å². The molecule has 0 saturated heterocycles. The lowest BCUT2D eigenvalue weighted by molar-refractivity contribution is -0.117. The molecule has 0 aliphatic heterocycles. The van der Waals surface area contributed by atoms with Gasteiger partial charge in [0.2, 0.25) is 0 Å². The smallest absolute Gasteiger partial charge is 0.146 e. The Labute approximate surface area is 76.6 Å². The zero-order chi connectivity index (χ0) is 9.68. The SMILES string of the molecule is NCC(=O)CCc1cccc(F)c1. The largest absolute Gasteiger partial charge is 0.324 e. The van der Waals surface area contributed by atoms with Crippen LogP contribution < -0.4 is 5.73 Å². The van der Waals surface area contributed by atoms with Crippen LogP contribution in [-0.2, 0) is 11.2 Å². The van der Waals surface area contributed by atoms with Crippen LogP contribution in [0.15, 0.2) is 24.3 Å². The summed E-state index contributed by atoms with van der Waals surface area (Å²) in [5, 5.41) is 0. The molecule has 0 unspecified atom stereocenters. The number of hydrogen-bond donors (Lipinski definition) is 1. The highest BCUT2D eigenvalue weighted by atomic mass is 19.1. The Kier molecular flexibility index (Phi) is 3.58. The van der Waals surface area contributed by atoms with Crippen molar-refractivity contribution in [1.29, 1.82) is 0 Å². The van der Waals surface area contributed by atoms with Crippen LogP contribution in [0.5, 0.6) is 0 Å². The highest BCUT2D eigenvalue weighted by Crippen LogP contribution is 2.05. The molecule has 70 valence electrons. The van der Waals surface area contributed by atoms with Gasteiger partial charge in [0.1, 0.15) is 11.6 Å². The van der Waals surface area contributed by atoms with Gasteiger partial charge in [0, 0.05) is 6.42 Å². The number of benzene rings is 1. The second kappa shape index (κ2) is 4.72. The fourth-order valence-corrected chi connectivity index (χ4v) is 1.08. The third kappa shape index (κ3) is 3.34. The molecule has 0 atom stereocenters. The van der Waals surface area contributed by atoms with Crippen LogP contribution in [0.1, 0.15) is 12.0 Å². The van der Waals surface area contributed by atoms with Gasteiger partial charge in [-0.25, -0.2) is 4.39 Å². The normalized spacial score (nSPS) is 10.0. The average Bonchev–Trinajstić information content (AvgIpc) is 2.14. The second-order valence-electron chi connectivity index (χ2n) is 2.87. The number of rotatable bonds is 4. The molecular formula is C10H12FNO. The topological polar surface area (TPSA) is 43.1 Å². The van der Waals surface area contributed by atoms with E-state index in [9.17, 15) is 9.18 Å². The van der Waals surface area contributed by atoms with Crippen LogP contribution in [-0.4, -0.2) is 12.3 Å². The second-order valence-corrected chi connectivity index (χ2v) is 2.87. The Balaban J connectivity index is 2.50. The summed E-state index contributed by atoms with van der Waals surface area (Å²) in [5.41, 5.74) is 5.98. The Hall–Kier alpha value is -1.22. The molecule has 0 aromatic heterocycles. The third-order valence-electron chi connectivity index (χ3n) is 1.81. The summed E-state index contributed by atoms with van der Waals surface area (Å²) in [6.45, 7) is 0.0648. The monoisotopic (exact) mass is 181 g/mol. The van der Waals surface area contributed by atoms with Crippen LogP contribution >= 0.6 is 0 Å². The molecule has 1 aromatic rings. The van der Waals surface area contributed by atoms with E-state index in [1.165, 1.54) is 12.1 Å². The van der Waals surface area contributed by atoms with Gasteiger partial charge in [-0.2, -0.15) is 0 Å². The Bertz CT molecular complexity index is 299. The van der Waals surface area contributed by atoms with E-state index in [0.29, 0.717) is 12.8 Å². The van der Waals surface area contributed by atoms with Crippen LogP contribution in [0, 0.1) is 5.82 Å². The maximum absolute atomic E-state index is 12.7. The summed E-state index contributed by atoms with van der Waals surface area (Å²) in [5.74, 6) is -0.262. The highest BCUT2D eigenvalue weighted by Gasteiger charge is 2.00. The van der Waals surface area contributed by atoms with Crippen LogP contribution in [0.3, 0.4) is 0 Å². The van der Waals surface area contributed by atoms with Gasteiger partial charge in [0.15, 0.2) is 0 Å².